The highest BCUT2D eigenvalue weighted by Gasteiger charge is 2.28. The summed E-state index contributed by atoms with van der Waals surface area (Å²) in [4.78, 5) is 21.9. The second-order valence-corrected chi connectivity index (χ2v) is 8.75. The lowest BCUT2D eigenvalue weighted by atomic mass is 10.2. The van der Waals surface area contributed by atoms with Gasteiger partial charge in [-0.05, 0) is 60.2 Å². The van der Waals surface area contributed by atoms with Gasteiger partial charge in [0.05, 0.1) is 19.1 Å². The van der Waals surface area contributed by atoms with Gasteiger partial charge in [-0.15, -0.1) is 0 Å². The second-order valence-electron chi connectivity index (χ2n) is 7.33. The van der Waals surface area contributed by atoms with Crippen molar-refractivity contribution >= 4 is 46.2 Å². The highest BCUT2D eigenvalue weighted by molar-refractivity contribution is 8.18. The van der Waals surface area contributed by atoms with Crippen molar-refractivity contribution in [1.82, 2.24) is 4.90 Å². The van der Waals surface area contributed by atoms with E-state index in [0.717, 1.165) is 53.2 Å². The molecule has 0 spiro atoms. The Morgan fingerprint density at radius 3 is 2.39 bits per heavy atom. The fraction of sp³-hybridized carbons (Fsp3) is 0.304. The van der Waals surface area contributed by atoms with Crippen LogP contribution in [0.5, 0.6) is 11.5 Å². The molecule has 6 nitrogen and oxygen atoms in total. The molecule has 0 radical (unpaired) electrons. The van der Waals surface area contributed by atoms with Crippen LogP contribution in [-0.2, 0) is 4.79 Å². The molecule has 2 aromatic rings. The maximum atomic E-state index is 12.5. The quantitative estimate of drug-likeness (QED) is 0.632. The molecule has 162 valence electrons. The van der Waals surface area contributed by atoms with Crippen LogP contribution in [0.2, 0.25) is 5.02 Å². The maximum absolute atomic E-state index is 12.5. The largest absolute Gasteiger partial charge is 0.493 e. The Kier molecular flexibility index (Phi) is 6.43. The summed E-state index contributed by atoms with van der Waals surface area (Å²) in [5.74, 6) is 1.07. The van der Waals surface area contributed by atoms with Crippen molar-refractivity contribution in [3.05, 3.63) is 57.5 Å². The molecule has 31 heavy (non-hydrogen) atoms. The van der Waals surface area contributed by atoms with Crippen molar-refractivity contribution in [1.29, 1.82) is 0 Å². The number of hydrogen-bond donors (Lipinski definition) is 0. The molecule has 1 fully saturated rings. The standard InChI is InChI=1S/C23H24ClN3O3S/c1-15-4-6-17(14-18(15)24)26-8-10-27(11-9-26)23-25-22(28)21(31-23)13-16-5-7-19(29-2)20(12-16)30-3/h4-7,12-14H,8-11H2,1-3H3. The molecule has 2 aliphatic rings. The summed E-state index contributed by atoms with van der Waals surface area (Å²) >= 11 is 7.70. The molecule has 0 aliphatic carbocycles. The molecule has 0 atom stereocenters. The van der Waals surface area contributed by atoms with Crippen molar-refractivity contribution in [3.8, 4) is 11.5 Å². The third-order valence-electron chi connectivity index (χ3n) is 5.39. The van der Waals surface area contributed by atoms with Crippen LogP contribution >= 0.6 is 23.4 Å². The molecule has 2 heterocycles. The third-order valence-corrected chi connectivity index (χ3v) is 6.84. The SMILES string of the molecule is COc1ccc(C=C2SC(N3CCN(c4ccc(C)c(Cl)c4)CC3)=NC2=O)cc1OC. The molecule has 0 saturated carbocycles. The van der Waals surface area contributed by atoms with Crippen molar-refractivity contribution in [2.24, 2.45) is 4.99 Å². The molecular formula is C23H24ClN3O3S. The van der Waals surface area contributed by atoms with Gasteiger partial charge in [0.25, 0.3) is 5.91 Å². The Bertz CT molecular complexity index is 1060. The van der Waals surface area contributed by atoms with E-state index in [9.17, 15) is 4.79 Å². The van der Waals surface area contributed by atoms with Gasteiger partial charge in [0.15, 0.2) is 16.7 Å². The van der Waals surface area contributed by atoms with Crippen LogP contribution in [-0.4, -0.2) is 56.4 Å². The minimum atomic E-state index is -0.206. The van der Waals surface area contributed by atoms with Crippen LogP contribution in [0.1, 0.15) is 11.1 Å². The smallest absolute Gasteiger partial charge is 0.286 e. The maximum Gasteiger partial charge on any atom is 0.286 e. The number of nitrogens with zero attached hydrogens (tertiary/aromatic N) is 3. The van der Waals surface area contributed by atoms with Gasteiger partial charge in [-0.3, -0.25) is 4.79 Å². The number of ether oxygens (including phenoxy) is 2. The van der Waals surface area contributed by atoms with E-state index < -0.39 is 0 Å². The molecule has 4 rings (SSSR count). The van der Waals surface area contributed by atoms with Gasteiger partial charge in [-0.1, -0.05) is 23.7 Å². The number of carbonyl (C=O) groups excluding carboxylic acids is 1. The molecule has 1 saturated heterocycles. The Hall–Kier alpha value is -2.64. The molecule has 0 unspecified atom stereocenters. The third kappa shape index (κ3) is 4.67. The van der Waals surface area contributed by atoms with Crippen molar-refractivity contribution in [3.63, 3.8) is 0 Å². The number of methoxy groups -OCH3 is 2. The van der Waals surface area contributed by atoms with E-state index in [-0.39, 0.29) is 5.91 Å². The number of aliphatic imine (C=N–C) groups is 1. The van der Waals surface area contributed by atoms with Crippen LogP contribution in [0.3, 0.4) is 0 Å². The Labute approximate surface area is 191 Å². The van der Waals surface area contributed by atoms with Gasteiger partial charge >= 0.3 is 0 Å². The number of piperazine rings is 1. The van der Waals surface area contributed by atoms with E-state index in [1.165, 1.54) is 11.8 Å². The minimum absolute atomic E-state index is 0.206. The Morgan fingerprint density at radius 1 is 1.00 bits per heavy atom. The van der Waals surface area contributed by atoms with Gasteiger partial charge < -0.3 is 19.3 Å². The number of benzene rings is 2. The second kappa shape index (κ2) is 9.24. The normalized spacial score (nSPS) is 17.9. The average molecular weight is 458 g/mol. The number of rotatable bonds is 4. The van der Waals surface area contributed by atoms with Gasteiger partial charge in [-0.2, -0.15) is 4.99 Å². The van der Waals surface area contributed by atoms with Gasteiger partial charge in [0, 0.05) is 36.9 Å². The first-order valence-electron chi connectivity index (χ1n) is 9.99. The first-order chi connectivity index (χ1) is 15.0. The predicted molar refractivity (Wildman–Crippen MR) is 128 cm³/mol. The lowest BCUT2D eigenvalue weighted by Gasteiger charge is -2.36. The highest BCUT2D eigenvalue weighted by atomic mass is 35.5. The van der Waals surface area contributed by atoms with Crippen molar-refractivity contribution in [2.75, 3.05) is 45.3 Å². The molecule has 0 aromatic heterocycles. The molecule has 2 aliphatic heterocycles. The summed E-state index contributed by atoms with van der Waals surface area (Å²) in [6, 6.07) is 11.7. The van der Waals surface area contributed by atoms with Crippen LogP contribution in [0, 0.1) is 6.92 Å². The zero-order valence-electron chi connectivity index (χ0n) is 17.7. The number of carbonyl (C=O) groups is 1. The number of hydrogen-bond acceptors (Lipinski definition) is 6. The van der Waals surface area contributed by atoms with Crippen LogP contribution in [0.4, 0.5) is 5.69 Å². The summed E-state index contributed by atoms with van der Waals surface area (Å²) < 4.78 is 10.6. The highest BCUT2D eigenvalue weighted by Crippen LogP contribution is 2.34. The van der Waals surface area contributed by atoms with E-state index >= 15 is 0 Å². The number of halogens is 1. The fourth-order valence-electron chi connectivity index (χ4n) is 3.56. The minimum Gasteiger partial charge on any atom is -0.493 e. The Morgan fingerprint density at radius 2 is 1.71 bits per heavy atom. The van der Waals surface area contributed by atoms with Gasteiger partial charge in [0.2, 0.25) is 0 Å². The first-order valence-corrected chi connectivity index (χ1v) is 11.2. The van der Waals surface area contributed by atoms with Crippen LogP contribution < -0.4 is 14.4 Å². The van der Waals surface area contributed by atoms with E-state index in [2.05, 4.69) is 20.9 Å². The number of aryl methyl sites for hydroxylation is 1. The lowest BCUT2D eigenvalue weighted by molar-refractivity contribution is -0.113. The number of amidine groups is 1. The lowest BCUT2D eigenvalue weighted by Crippen LogP contribution is -2.47. The summed E-state index contributed by atoms with van der Waals surface area (Å²) in [5, 5.41) is 1.55. The van der Waals surface area contributed by atoms with E-state index in [1.54, 1.807) is 14.2 Å². The summed E-state index contributed by atoms with van der Waals surface area (Å²) in [7, 11) is 3.19. The summed E-state index contributed by atoms with van der Waals surface area (Å²) in [6.45, 7) is 5.30. The first kappa shape index (κ1) is 21.6. The Balaban J connectivity index is 1.41. The number of thioether (sulfide) groups is 1. The van der Waals surface area contributed by atoms with E-state index in [1.807, 2.05) is 43.3 Å². The molecular weight excluding hydrogens is 434 g/mol. The summed E-state index contributed by atoms with van der Waals surface area (Å²) in [5.41, 5.74) is 3.07. The number of anilines is 1. The van der Waals surface area contributed by atoms with Gasteiger partial charge in [0.1, 0.15) is 0 Å². The van der Waals surface area contributed by atoms with Crippen LogP contribution in [0.25, 0.3) is 6.08 Å². The number of amides is 1. The zero-order chi connectivity index (χ0) is 22.0. The topological polar surface area (TPSA) is 54.4 Å². The summed E-state index contributed by atoms with van der Waals surface area (Å²) in [6.07, 6.45) is 1.84. The zero-order valence-corrected chi connectivity index (χ0v) is 19.3. The molecule has 0 N–H and O–H groups in total. The molecule has 0 bridgehead atoms. The average Bonchev–Trinajstić information content (AvgIpc) is 3.15. The molecule has 8 heteroatoms. The van der Waals surface area contributed by atoms with E-state index in [4.69, 9.17) is 21.1 Å². The fourth-order valence-corrected chi connectivity index (χ4v) is 4.70. The monoisotopic (exact) mass is 457 g/mol. The van der Waals surface area contributed by atoms with Crippen molar-refractivity contribution < 1.29 is 14.3 Å². The molecule has 1 amide bonds. The van der Waals surface area contributed by atoms with Crippen molar-refractivity contribution in [2.45, 2.75) is 6.92 Å². The molecule has 2 aromatic carbocycles. The van der Waals surface area contributed by atoms with E-state index in [0.29, 0.717) is 16.4 Å². The van der Waals surface area contributed by atoms with Gasteiger partial charge in [-0.25, -0.2) is 0 Å². The van der Waals surface area contributed by atoms with Crippen LogP contribution in [0.15, 0.2) is 46.3 Å². The predicted octanol–water partition coefficient (Wildman–Crippen LogP) is 4.46.